The number of carbonyl (C=O) groups is 3. The summed E-state index contributed by atoms with van der Waals surface area (Å²) in [5.41, 5.74) is 2.34. The molecule has 1 aliphatic rings. The van der Waals surface area contributed by atoms with Crippen LogP contribution in [0.25, 0.3) is 16.8 Å². The zero-order valence-electron chi connectivity index (χ0n) is 20.5. The fourth-order valence-corrected chi connectivity index (χ4v) is 5.38. The molecule has 0 unspecified atom stereocenters. The number of amides is 3. The van der Waals surface area contributed by atoms with Crippen molar-refractivity contribution < 1.29 is 19.1 Å². The average molecular weight is 541 g/mol. The minimum Gasteiger partial charge on any atom is -0.488 e. The summed E-state index contributed by atoms with van der Waals surface area (Å²) >= 11 is 2.38. The molecular weight excluding hydrogens is 516 g/mol. The summed E-state index contributed by atoms with van der Waals surface area (Å²) in [7, 11) is 0. The summed E-state index contributed by atoms with van der Waals surface area (Å²) in [5, 5.41) is 4.17. The van der Waals surface area contributed by atoms with Gasteiger partial charge in [0.1, 0.15) is 18.9 Å². The number of benzene rings is 4. The fourth-order valence-electron chi connectivity index (χ4n) is 4.10. The highest BCUT2D eigenvalue weighted by Crippen LogP contribution is 2.37. The highest BCUT2D eigenvalue weighted by molar-refractivity contribution is 8.18. The summed E-state index contributed by atoms with van der Waals surface area (Å²) < 4.78 is 6.15. The monoisotopic (exact) mass is 540 g/mol. The number of anilines is 1. The van der Waals surface area contributed by atoms with Crippen molar-refractivity contribution in [3.05, 3.63) is 107 Å². The topological polar surface area (TPSA) is 75.7 Å². The molecule has 0 atom stereocenters. The van der Waals surface area contributed by atoms with E-state index in [0.717, 1.165) is 37.9 Å². The minimum absolute atomic E-state index is 0.244. The van der Waals surface area contributed by atoms with Gasteiger partial charge < -0.3 is 10.1 Å². The third kappa shape index (κ3) is 5.77. The standard InChI is InChI=1S/C30H24N2O4S2/c1-37-23-12-7-11-22(16-23)31-28(33)18-32-29(34)27(38-30(32)35)17-25-24-13-6-5-10-21(24)14-15-26(25)36-19-20-8-3-2-4-9-20/h2-17H,18-19H2,1H3,(H,31,33)/b27-17+. The highest BCUT2D eigenvalue weighted by Gasteiger charge is 2.36. The van der Waals surface area contributed by atoms with Crippen LogP contribution in [0.15, 0.2) is 101 Å². The molecule has 0 saturated carbocycles. The van der Waals surface area contributed by atoms with E-state index in [1.54, 1.807) is 23.9 Å². The van der Waals surface area contributed by atoms with Crippen LogP contribution in [0, 0.1) is 0 Å². The predicted molar refractivity (Wildman–Crippen MR) is 154 cm³/mol. The predicted octanol–water partition coefficient (Wildman–Crippen LogP) is 6.82. The lowest BCUT2D eigenvalue weighted by Crippen LogP contribution is -2.36. The molecule has 4 aromatic rings. The van der Waals surface area contributed by atoms with Crippen molar-refractivity contribution >= 4 is 63.1 Å². The first kappa shape index (κ1) is 25.6. The molecule has 0 spiro atoms. The second kappa shape index (κ2) is 11.6. The van der Waals surface area contributed by atoms with E-state index < -0.39 is 17.1 Å². The second-order valence-corrected chi connectivity index (χ2v) is 10.4. The van der Waals surface area contributed by atoms with Crippen LogP contribution in [0.3, 0.4) is 0 Å². The third-order valence-electron chi connectivity index (χ3n) is 5.97. The quantitative estimate of drug-likeness (QED) is 0.195. The van der Waals surface area contributed by atoms with Gasteiger partial charge in [-0.25, -0.2) is 0 Å². The van der Waals surface area contributed by atoms with E-state index in [-0.39, 0.29) is 11.4 Å². The largest absolute Gasteiger partial charge is 0.488 e. The Kier molecular flexibility index (Phi) is 7.81. The van der Waals surface area contributed by atoms with Crippen LogP contribution in [-0.2, 0) is 16.2 Å². The first-order chi connectivity index (χ1) is 18.5. The second-order valence-electron chi connectivity index (χ2n) is 8.52. The fraction of sp³-hybridized carbons (Fsp3) is 0.100. The number of fused-ring (bicyclic) bond motifs is 1. The first-order valence-electron chi connectivity index (χ1n) is 11.9. The number of nitrogens with one attached hydrogen (secondary N) is 1. The van der Waals surface area contributed by atoms with E-state index in [1.165, 1.54) is 0 Å². The Balaban J connectivity index is 1.38. The Morgan fingerprint density at radius 2 is 1.76 bits per heavy atom. The van der Waals surface area contributed by atoms with Gasteiger partial charge in [0.25, 0.3) is 11.1 Å². The first-order valence-corrected chi connectivity index (χ1v) is 13.9. The molecule has 1 saturated heterocycles. The van der Waals surface area contributed by atoms with Crippen LogP contribution in [0.4, 0.5) is 10.5 Å². The number of imide groups is 1. The van der Waals surface area contributed by atoms with Gasteiger partial charge in [-0.2, -0.15) is 0 Å². The van der Waals surface area contributed by atoms with Crippen LogP contribution in [0.1, 0.15) is 11.1 Å². The van der Waals surface area contributed by atoms with Gasteiger partial charge in [-0.1, -0.05) is 66.7 Å². The molecule has 1 aliphatic heterocycles. The Morgan fingerprint density at radius 3 is 2.58 bits per heavy atom. The lowest BCUT2D eigenvalue weighted by Gasteiger charge is -2.14. The Bertz CT molecular complexity index is 1550. The number of hydrogen-bond donors (Lipinski definition) is 1. The molecule has 0 aromatic heterocycles. The average Bonchev–Trinajstić information content (AvgIpc) is 3.20. The molecule has 1 N–H and O–H groups in total. The molecule has 38 heavy (non-hydrogen) atoms. The summed E-state index contributed by atoms with van der Waals surface area (Å²) in [5.74, 6) is -0.343. The van der Waals surface area contributed by atoms with E-state index >= 15 is 0 Å². The molecule has 3 amide bonds. The van der Waals surface area contributed by atoms with Crippen LogP contribution in [-0.4, -0.2) is 34.8 Å². The number of ether oxygens (including phenoxy) is 1. The van der Waals surface area contributed by atoms with E-state index in [2.05, 4.69) is 5.32 Å². The molecule has 5 rings (SSSR count). The lowest BCUT2D eigenvalue weighted by atomic mass is 10.0. The van der Waals surface area contributed by atoms with Crippen molar-refractivity contribution in [2.45, 2.75) is 11.5 Å². The van der Waals surface area contributed by atoms with Gasteiger partial charge in [-0.05, 0) is 64.7 Å². The zero-order chi connectivity index (χ0) is 26.5. The van der Waals surface area contributed by atoms with Crippen LogP contribution < -0.4 is 10.1 Å². The molecule has 1 heterocycles. The summed E-state index contributed by atoms with van der Waals surface area (Å²) in [6, 6.07) is 28.8. The van der Waals surface area contributed by atoms with Crippen LogP contribution in [0.2, 0.25) is 0 Å². The number of thioether (sulfide) groups is 2. The Labute approximate surface area is 229 Å². The number of rotatable bonds is 8. The normalized spacial score (nSPS) is 14.3. The number of hydrogen-bond acceptors (Lipinski definition) is 6. The molecule has 4 aromatic carbocycles. The van der Waals surface area contributed by atoms with Gasteiger partial charge >= 0.3 is 0 Å². The molecule has 190 valence electrons. The van der Waals surface area contributed by atoms with Crippen molar-refractivity contribution in [3.8, 4) is 5.75 Å². The van der Waals surface area contributed by atoms with Crippen molar-refractivity contribution in [1.29, 1.82) is 0 Å². The molecule has 0 bridgehead atoms. The SMILES string of the molecule is CSc1cccc(NC(=O)CN2C(=O)S/C(=C/c3c(OCc4ccccc4)ccc4ccccc34)C2=O)c1. The maximum atomic E-state index is 13.2. The van der Waals surface area contributed by atoms with Crippen molar-refractivity contribution in [3.63, 3.8) is 0 Å². The third-order valence-corrected chi connectivity index (χ3v) is 7.60. The molecule has 6 nitrogen and oxygen atoms in total. The smallest absolute Gasteiger partial charge is 0.294 e. The van der Waals surface area contributed by atoms with Gasteiger partial charge in [-0.15, -0.1) is 11.8 Å². The van der Waals surface area contributed by atoms with E-state index in [1.807, 2.05) is 91.2 Å². The summed E-state index contributed by atoms with van der Waals surface area (Å²) in [6.45, 7) is -0.00217. The molecule has 1 fully saturated rings. The van der Waals surface area contributed by atoms with Crippen molar-refractivity contribution in [1.82, 2.24) is 4.90 Å². The number of nitrogens with zero attached hydrogens (tertiary/aromatic N) is 1. The molecule has 0 radical (unpaired) electrons. The van der Waals surface area contributed by atoms with Gasteiger partial charge in [0, 0.05) is 16.1 Å². The molecule has 8 heteroatoms. The van der Waals surface area contributed by atoms with E-state index in [9.17, 15) is 14.4 Å². The Hall–Kier alpha value is -4.01. The van der Waals surface area contributed by atoms with Gasteiger partial charge in [0.05, 0.1) is 4.91 Å². The maximum absolute atomic E-state index is 13.2. The van der Waals surface area contributed by atoms with E-state index in [4.69, 9.17) is 4.74 Å². The molecule has 0 aliphatic carbocycles. The van der Waals surface area contributed by atoms with E-state index in [0.29, 0.717) is 23.6 Å². The van der Waals surface area contributed by atoms with Crippen molar-refractivity contribution in [2.75, 3.05) is 18.1 Å². The van der Waals surface area contributed by atoms with Gasteiger partial charge in [-0.3, -0.25) is 19.3 Å². The number of carbonyl (C=O) groups excluding carboxylic acids is 3. The van der Waals surface area contributed by atoms with Gasteiger partial charge in [0.15, 0.2) is 0 Å². The Morgan fingerprint density at radius 1 is 0.974 bits per heavy atom. The van der Waals surface area contributed by atoms with Crippen molar-refractivity contribution in [2.24, 2.45) is 0 Å². The minimum atomic E-state index is -0.505. The molecular formula is C30H24N2O4S2. The summed E-state index contributed by atoms with van der Waals surface area (Å²) in [6.07, 6.45) is 3.63. The maximum Gasteiger partial charge on any atom is 0.294 e. The lowest BCUT2D eigenvalue weighted by molar-refractivity contribution is -0.127. The van der Waals surface area contributed by atoms with Crippen LogP contribution in [0.5, 0.6) is 5.75 Å². The zero-order valence-corrected chi connectivity index (χ0v) is 22.2. The summed E-state index contributed by atoms with van der Waals surface area (Å²) in [4.78, 5) is 40.8. The van der Waals surface area contributed by atoms with Crippen LogP contribution >= 0.6 is 23.5 Å². The van der Waals surface area contributed by atoms with Gasteiger partial charge in [0.2, 0.25) is 5.91 Å². The highest BCUT2D eigenvalue weighted by atomic mass is 32.2.